The van der Waals surface area contributed by atoms with Crippen molar-refractivity contribution in [3.8, 4) is 0 Å². The molecule has 0 spiro atoms. The van der Waals surface area contributed by atoms with E-state index in [9.17, 15) is 0 Å². The molecule has 0 aliphatic heterocycles. The Kier molecular flexibility index (Phi) is 4.72. The van der Waals surface area contributed by atoms with Gasteiger partial charge in [0.2, 0.25) is 0 Å². The predicted molar refractivity (Wildman–Crippen MR) is 41.4 cm³/mol. The largest absolute Gasteiger partial charge is 0.329 e. The molecule has 1 atom stereocenters. The fraction of sp³-hybridized carbons (Fsp3) is 1.00. The molecule has 2 heteroatoms. The average Bonchev–Trinajstić information content (AvgIpc) is 1.82. The smallest absolute Gasteiger partial charge is 0.0189 e. The lowest BCUT2D eigenvalue weighted by molar-refractivity contribution is 0.449. The van der Waals surface area contributed by atoms with Crippen molar-refractivity contribution < 1.29 is 0 Å². The van der Waals surface area contributed by atoms with Crippen LogP contribution in [0.15, 0.2) is 0 Å². The van der Waals surface area contributed by atoms with Gasteiger partial charge in [0, 0.05) is 12.6 Å². The van der Waals surface area contributed by atoms with Crippen LogP contribution >= 0.6 is 0 Å². The van der Waals surface area contributed by atoms with Crippen molar-refractivity contribution in [1.29, 1.82) is 0 Å². The Morgan fingerprint density at radius 3 is 2.11 bits per heavy atom. The maximum absolute atomic E-state index is 5.47. The number of rotatable bonds is 4. The summed E-state index contributed by atoms with van der Waals surface area (Å²) in [6.07, 6.45) is 1.17. The Morgan fingerprint density at radius 2 is 2.00 bits per heavy atom. The molecular weight excluding hydrogens is 112 g/mol. The number of hydrogen-bond donors (Lipinski definition) is 2. The molecule has 9 heavy (non-hydrogen) atoms. The topological polar surface area (TPSA) is 38.0 Å². The van der Waals surface area contributed by atoms with Crippen LogP contribution in [0.25, 0.3) is 0 Å². The monoisotopic (exact) mass is 130 g/mol. The van der Waals surface area contributed by atoms with Crippen LogP contribution in [0.3, 0.4) is 0 Å². The molecule has 0 saturated heterocycles. The third kappa shape index (κ3) is 4.43. The van der Waals surface area contributed by atoms with Gasteiger partial charge in [-0.05, 0) is 19.4 Å². The molecule has 0 aromatic carbocycles. The second-order valence-corrected chi connectivity index (χ2v) is 2.85. The van der Waals surface area contributed by atoms with Crippen LogP contribution in [-0.4, -0.2) is 19.6 Å². The molecular formula is C7H18N2. The maximum Gasteiger partial charge on any atom is 0.0189 e. The van der Waals surface area contributed by atoms with Gasteiger partial charge in [0.05, 0.1) is 0 Å². The second-order valence-electron chi connectivity index (χ2n) is 2.85. The highest BCUT2D eigenvalue weighted by Gasteiger charge is 2.04. The van der Waals surface area contributed by atoms with E-state index in [0.717, 1.165) is 12.5 Å². The van der Waals surface area contributed by atoms with E-state index in [2.05, 4.69) is 19.2 Å². The predicted octanol–water partition coefficient (Wildman–Crippen LogP) is 0.579. The summed E-state index contributed by atoms with van der Waals surface area (Å²) < 4.78 is 0. The van der Waals surface area contributed by atoms with Crippen LogP contribution in [0.4, 0.5) is 0 Å². The van der Waals surface area contributed by atoms with Crippen molar-refractivity contribution >= 4 is 0 Å². The van der Waals surface area contributed by atoms with Crippen LogP contribution in [-0.2, 0) is 0 Å². The van der Waals surface area contributed by atoms with Gasteiger partial charge >= 0.3 is 0 Å². The van der Waals surface area contributed by atoms with Gasteiger partial charge in [-0.1, -0.05) is 13.8 Å². The van der Waals surface area contributed by atoms with Gasteiger partial charge in [-0.3, -0.25) is 0 Å². The first-order chi connectivity index (χ1) is 4.20. The van der Waals surface area contributed by atoms with Crippen molar-refractivity contribution in [2.75, 3.05) is 13.6 Å². The summed E-state index contributed by atoms with van der Waals surface area (Å²) >= 11 is 0. The Balaban J connectivity index is 3.31. The molecule has 0 amide bonds. The lowest BCUT2D eigenvalue weighted by atomic mass is 10.0. The Labute approximate surface area is 57.8 Å². The number of hydrogen-bond acceptors (Lipinski definition) is 2. The molecule has 0 bridgehead atoms. The van der Waals surface area contributed by atoms with Gasteiger partial charge in [-0.2, -0.15) is 0 Å². The Bertz CT molecular complexity index is 57.9. The van der Waals surface area contributed by atoms with Crippen molar-refractivity contribution in [2.45, 2.75) is 26.3 Å². The fourth-order valence-electron chi connectivity index (χ4n) is 0.901. The van der Waals surface area contributed by atoms with Crippen LogP contribution in [0, 0.1) is 5.92 Å². The molecule has 0 radical (unpaired) electrons. The van der Waals surface area contributed by atoms with Crippen LogP contribution in [0.5, 0.6) is 0 Å². The molecule has 0 fully saturated rings. The van der Waals surface area contributed by atoms with E-state index in [-0.39, 0.29) is 0 Å². The summed E-state index contributed by atoms with van der Waals surface area (Å²) in [6, 6.07) is 0.505. The molecule has 56 valence electrons. The molecule has 0 heterocycles. The van der Waals surface area contributed by atoms with E-state index in [4.69, 9.17) is 5.73 Å². The summed E-state index contributed by atoms with van der Waals surface area (Å²) in [4.78, 5) is 0. The first kappa shape index (κ1) is 8.92. The van der Waals surface area contributed by atoms with Gasteiger partial charge in [-0.15, -0.1) is 0 Å². The van der Waals surface area contributed by atoms with Gasteiger partial charge in [0.1, 0.15) is 0 Å². The Hall–Kier alpha value is -0.0800. The molecule has 0 unspecified atom stereocenters. The summed E-state index contributed by atoms with van der Waals surface area (Å²) in [5.41, 5.74) is 5.47. The highest BCUT2D eigenvalue weighted by Crippen LogP contribution is 2.02. The lowest BCUT2D eigenvalue weighted by Gasteiger charge is -2.15. The first-order valence-electron chi connectivity index (χ1n) is 3.58. The quantitative estimate of drug-likeness (QED) is 0.584. The molecule has 3 N–H and O–H groups in total. The summed E-state index contributed by atoms with van der Waals surface area (Å²) in [5, 5.41) is 3.16. The lowest BCUT2D eigenvalue weighted by Crippen LogP contribution is -2.34. The van der Waals surface area contributed by atoms with Crippen LogP contribution in [0.1, 0.15) is 20.3 Å². The Morgan fingerprint density at radius 1 is 1.44 bits per heavy atom. The average molecular weight is 130 g/mol. The summed E-state index contributed by atoms with van der Waals surface area (Å²) in [7, 11) is 1.96. The van der Waals surface area contributed by atoms with Gasteiger partial charge < -0.3 is 11.1 Å². The van der Waals surface area contributed by atoms with E-state index in [1.165, 1.54) is 6.42 Å². The summed E-state index contributed by atoms with van der Waals surface area (Å²) in [5.74, 6) is 0.742. The molecule has 2 nitrogen and oxygen atoms in total. The molecule has 0 aromatic rings. The van der Waals surface area contributed by atoms with E-state index < -0.39 is 0 Å². The standard InChI is InChI=1S/C7H18N2/c1-6(2)4-7(5-8)9-3/h6-7,9H,4-5,8H2,1-3H3/t7-/m1/s1. The van der Waals surface area contributed by atoms with Crippen molar-refractivity contribution in [1.82, 2.24) is 5.32 Å². The van der Waals surface area contributed by atoms with Gasteiger partial charge in [0.25, 0.3) is 0 Å². The maximum atomic E-state index is 5.47. The van der Waals surface area contributed by atoms with Crippen molar-refractivity contribution in [2.24, 2.45) is 11.7 Å². The van der Waals surface area contributed by atoms with Crippen LogP contribution < -0.4 is 11.1 Å². The van der Waals surface area contributed by atoms with E-state index in [1.54, 1.807) is 0 Å². The minimum atomic E-state index is 0.505. The van der Waals surface area contributed by atoms with E-state index in [0.29, 0.717) is 6.04 Å². The summed E-state index contributed by atoms with van der Waals surface area (Å²) in [6.45, 7) is 5.16. The fourth-order valence-corrected chi connectivity index (χ4v) is 0.901. The highest BCUT2D eigenvalue weighted by atomic mass is 14.9. The first-order valence-corrected chi connectivity index (χ1v) is 3.58. The number of likely N-dealkylation sites (N-methyl/N-ethyl adjacent to an activating group) is 1. The highest BCUT2D eigenvalue weighted by molar-refractivity contribution is 4.65. The normalized spacial score (nSPS) is 14.3. The molecule has 0 rings (SSSR count). The number of nitrogens with two attached hydrogens (primary N) is 1. The van der Waals surface area contributed by atoms with Crippen molar-refractivity contribution in [3.63, 3.8) is 0 Å². The zero-order chi connectivity index (χ0) is 7.28. The minimum absolute atomic E-state index is 0.505. The van der Waals surface area contributed by atoms with E-state index >= 15 is 0 Å². The van der Waals surface area contributed by atoms with Crippen molar-refractivity contribution in [3.05, 3.63) is 0 Å². The second kappa shape index (κ2) is 4.77. The molecule has 0 aromatic heterocycles. The zero-order valence-electron chi connectivity index (χ0n) is 6.65. The SMILES string of the molecule is CN[C@@H](CN)CC(C)C. The minimum Gasteiger partial charge on any atom is -0.329 e. The molecule has 0 aliphatic rings. The number of nitrogens with one attached hydrogen (secondary N) is 1. The zero-order valence-corrected chi connectivity index (χ0v) is 6.65. The molecule has 0 saturated carbocycles. The molecule has 0 aliphatic carbocycles. The van der Waals surface area contributed by atoms with Gasteiger partial charge in [0.15, 0.2) is 0 Å². The third-order valence-electron chi connectivity index (χ3n) is 1.45. The van der Waals surface area contributed by atoms with E-state index in [1.807, 2.05) is 7.05 Å². The third-order valence-corrected chi connectivity index (χ3v) is 1.45. The van der Waals surface area contributed by atoms with Gasteiger partial charge in [-0.25, -0.2) is 0 Å². The van der Waals surface area contributed by atoms with Crippen LogP contribution in [0.2, 0.25) is 0 Å².